The fourth-order valence-corrected chi connectivity index (χ4v) is 7.30. The lowest BCUT2D eigenvalue weighted by Crippen LogP contribution is -2.20. The lowest BCUT2D eigenvalue weighted by molar-refractivity contribution is -0.113. The zero-order valence-electron chi connectivity index (χ0n) is 16.8. The average molecular weight is 476 g/mol. The molecule has 31 heavy (non-hydrogen) atoms. The molecule has 9 heteroatoms. The number of nitrogens with one attached hydrogen (secondary N) is 1. The number of amides is 1. The fourth-order valence-electron chi connectivity index (χ4n) is 3.50. The highest BCUT2D eigenvalue weighted by Crippen LogP contribution is 2.38. The summed E-state index contributed by atoms with van der Waals surface area (Å²) < 4.78 is 29.2. The summed E-state index contributed by atoms with van der Waals surface area (Å²) in [4.78, 5) is 26.7. The van der Waals surface area contributed by atoms with Crippen LogP contribution in [0.15, 0.2) is 47.4 Å². The smallest absolute Gasteiger partial charge is 0.341 e. The second-order valence-corrected chi connectivity index (χ2v) is 11.5. The predicted octanol–water partition coefficient (Wildman–Crippen LogP) is 4.28. The van der Waals surface area contributed by atoms with Crippen molar-refractivity contribution < 1.29 is 22.7 Å². The van der Waals surface area contributed by atoms with E-state index in [9.17, 15) is 18.0 Å². The van der Waals surface area contributed by atoms with Gasteiger partial charge in [-0.15, -0.1) is 23.1 Å². The van der Waals surface area contributed by atoms with E-state index in [2.05, 4.69) is 5.32 Å². The monoisotopic (exact) mass is 475 g/mol. The highest BCUT2D eigenvalue weighted by atomic mass is 32.2. The first-order valence-electron chi connectivity index (χ1n) is 9.80. The van der Waals surface area contributed by atoms with Crippen molar-refractivity contribution in [2.75, 3.05) is 23.4 Å². The van der Waals surface area contributed by atoms with Crippen molar-refractivity contribution >= 4 is 60.6 Å². The summed E-state index contributed by atoms with van der Waals surface area (Å²) in [7, 11) is -3.19. The van der Waals surface area contributed by atoms with Gasteiger partial charge in [0.2, 0.25) is 5.91 Å². The maximum Gasteiger partial charge on any atom is 0.341 e. The molecular weight excluding hydrogens is 454 g/mol. The zero-order valence-corrected chi connectivity index (χ0v) is 19.3. The minimum absolute atomic E-state index is 0.00561. The van der Waals surface area contributed by atoms with E-state index in [0.29, 0.717) is 21.0 Å². The van der Waals surface area contributed by atoms with Crippen LogP contribution in [0, 0.1) is 0 Å². The molecule has 0 radical (unpaired) electrons. The fraction of sp³-hybridized carbons (Fsp3) is 0.273. The molecule has 162 valence electrons. The van der Waals surface area contributed by atoms with Crippen LogP contribution >= 0.6 is 23.1 Å². The van der Waals surface area contributed by atoms with E-state index in [1.807, 2.05) is 42.5 Å². The van der Waals surface area contributed by atoms with Crippen molar-refractivity contribution in [3.63, 3.8) is 0 Å². The van der Waals surface area contributed by atoms with E-state index in [1.54, 1.807) is 6.92 Å². The summed E-state index contributed by atoms with van der Waals surface area (Å²) in [5.41, 5.74) is 0.969. The number of thioether (sulfide) groups is 1. The van der Waals surface area contributed by atoms with Crippen LogP contribution in [-0.4, -0.2) is 38.4 Å². The Labute approximate surface area is 188 Å². The molecule has 2 heterocycles. The predicted molar refractivity (Wildman–Crippen MR) is 125 cm³/mol. The van der Waals surface area contributed by atoms with Gasteiger partial charge in [0.1, 0.15) is 5.00 Å². The third-order valence-electron chi connectivity index (χ3n) is 4.93. The Morgan fingerprint density at radius 2 is 1.94 bits per heavy atom. The largest absolute Gasteiger partial charge is 0.462 e. The number of thiophene rings is 1. The molecule has 1 aliphatic rings. The number of carbonyl (C=O) groups is 2. The molecule has 1 aliphatic heterocycles. The Hall–Kier alpha value is -2.36. The molecule has 0 saturated heterocycles. The standard InChI is InChI=1S/C22H21NO5S3/c1-2-28-22(25)20-17-9-10-31(26,27)13-18(17)30-21(20)23-19(24)12-29-16-8-7-14-5-3-4-6-15(14)11-16/h3-8,11H,2,9-10,12-13H2,1H3,(H,23,24). The van der Waals surface area contributed by atoms with Gasteiger partial charge < -0.3 is 10.1 Å². The van der Waals surface area contributed by atoms with Crippen LogP contribution in [0.4, 0.5) is 5.00 Å². The third kappa shape index (κ3) is 4.94. The van der Waals surface area contributed by atoms with Gasteiger partial charge >= 0.3 is 5.97 Å². The van der Waals surface area contributed by atoms with Crippen LogP contribution in [0.2, 0.25) is 0 Å². The van der Waals surface area contributed by atoms with Crippen LogP contribution < -0.4 is 5.32 Å². The van der Waals surface area contributed by atoms with Crippen molar-refractivity contribution in [3.8, 4) is 0 Å². The summed E-state index contributed by atoms with van der Waals surface area (Å²) in [6.07, 6.45) is 0.254. The SMILES string of the molecule is CCOC(=O)c1c(NC(=O)CSc2ccc3ccccc3c2)sc2c1CCS(=O)(=O)C2. The topological polar surface area (TPSA) is 89.5 Å². The van der Waals surface area contributed by atoms with Gasteiger partial charge in [-0.3, -0.25) is 4.79 Å². The molecule has 0 bridgehead atoms. The van der Waals surface area contributed by atoms with E-state index in [-0.39, 0.29) is 36.2 Å². The molecule has 1 aromatic heterocycles. The molecule has 2 aromatic carbocycles. The Balaban J connectivity index is 1.51. The van der Waals surface area contributed by atoms with Crippen molar-refractivity contribution in [3.05, 3.63) is 58.5 Å². The van der Waals surface area contributed by atoms with Gasteiger partial charge in [-0.1, -0.05) is 30.3 Å². The van der Waals surface area contributed by atoms with Crippen LogP contribution in [-0.2, 0) is 31.5 Å². The number of carbonyl (C=O) groups excluding carboxylic acids is 2. The van der Waals surface area contributed by atoms with Crippen molar-refractivity contribution in [2.45, 2.75) is 24.0 Å². The third-order valence-corrected chi connectivity index (χ3v) is 8.81. The van der Waals surface area contributed by atoms with Gasteiger partial charge in [-0.05, 0) is 41.8 Å². The lowest BCUT2D eigenvalue weighted by Gasteiger charge is -2.13. The van der Waals surface area contributed by atoms with Crippen LogP contribution in [0.25, 0.3) is 10.8 Å². The lowest BCUT2D eigenvalue weighted by atomic mass is 10.1. The summed E-state index contributed by atoms with van der Waals surface area (Å²) in [6.45, 7) is 1.91. The number of anilines is 1. The number of hydrogen-bond donors (Lipinski definition) is 1. The number of benzene rings is 2. The van der Waals surface area contributed by atoms with Gasteiger partial charge in [-0.2, -0.15) is 0 Å². The summed E-state index contributed by atoms with van der Waals surface area (Å²) in [5, 5.41) is 5.41. The molecule has 4 rings (SSSR count). The Bertz CT molecular complexity index is 1260. The summed E-state index contributed by atoms with van der Waals surface area (Å²) in [6, 6.07) is 14.0. The van der Waals surface area contributed by atoms with Crippen LogP contribution in [0.5, 0.6) is 0 Å². The summed E-state index contributed by atoms with van der Waals surface area (Å²) >= 11 is 2.55. The molecule has 0 atom stereocenters. The molecule has 0 fully saturated rings. The van der Waals surface area contributed by atoms with Gasteiger partial charge in [0, 0.05) is 9.77 Å². The number of hydrogen-bond acceptors (Lipinski definition) is 7. The first-order chi connectivity index (χ1) is 14.9. The molecule has 1 amide bonds. The average Bonchev–Trinajstić information content (AvgIpc) is 3.07. The molecule has 1 N–H and O–H groups in total. The minimum Gasteiger partial charge on any atom is -0.462 e. The molecular formula is C22H21NO5S3. The van der Waals surface area contributed by atoms with E-state index in [4.69, 9.17) is 4.74 Å². The molecule has 0 spiro atoms. The molecule has 3 aromatic rings. The maximum absolute atomic E-state index is 12.6. The number of rotatable bonds is 6. The summed E-state index contributed by atoms with van der Waals surface area (Å²) in [5.74, 6) is -0.737. The minimum atomic E-state index is -3.19. The maximum atomic E-state index is 12.6. The molecule has 0 saturated carbocycles. The number of esters is 1. The molecule has 6 nitrogen and oxygen atoms in total. The zero-order chi connectivity index (χ0) is 22.0. The van der Waals surface area contributed by atoms with E-state index in [0.717, 1.165) is 27.0 Å². The van der Waals surface area contributed by atoms with E-state index < -0.39 is 15.8 Å². The Morgan fingerprint density at radius 1 is 1.16 bits per heavy atom. The highest BCUT2D eigenvalue weighted by molar-refractivity contribution is 8.00. The second-order valence-electron chi connectivity index (χ2n) is 7.12. The second kappa shape index (κ2) is 9.02. The number of ether oxygens (including phenoxy) is 1. The van der Waals surface area contributed by atoms with Crippen molar-refractivity contribution in [1.29, 1.82) is 0 Å². The van der Waals surface area contributed by atoms with E-state index in [1.165, 1.54) is 11.8 Å². The van der Waals surface area contributed by atoms with Crippen molar-refractivity contribution in [2.24, 2.45) is 0 Å². The molecule has 0 unspecified atom stereocenters. The van der Waals surface area contributed by atoms with Gasteiger partial charge in [0.25, 0.3) is 0 Å². The normalized spacial score (nSPS) is 14.7. The molecule has 0 aliphatic carbocycles. The Morgan fingerprint density at radius 3 is 2.71 bits per heavy atom. The quantitative estimate of drug-likeness (QED) is 0.423. The van der Waals surface area contributed by atoms with Crippen molar-refractivity contribution in [1.82, 2.24) is 0 Å². The highest BCUT2D eigenvalue weighted by Gasteiger charge is 2.32. The van der Waals surface area contributed by atoms with E-state index >= 15 is 0 Å². The van der Waals surface area contributed by atoms with Crippen LogP contribution in [0.3, 0.4) is 0 Å². The number of sulfone groups is 1. The van der Waals surface area contributed by atoms with Crippen LogP contribution in [0.1, 0.15) is 27.7 Å². The first kappa shape index (κ1) is 21.9. The van der Waals surface area contributed by atoms with Gasteiger partial charge in [0.15, 0.2) is 9.84 Å². The van der Waals surface area contributed by atoms with Gasteiger partial charge in [-0.25, -0.2) is 13.2 Å². The first-order valence-corrected chi connectivity index (χ1v) is 13.4. The van der Waals surface area contributed by atoms with Gasteiger partial charge in [0.05, 0.1) is 29.4 Å². The number of fused-ring (bicyclic) bond motifs is 2. The Kier molecular flexibility index (Phi) is 6.36.